The van der Waals surface area contributed by atoms with Gasteiger partial charge in [-0.3, -0.25) is 9.69 Å². The number of methoxy groups -OCH3 is 1. The number of guanidine groups is 1. The number of carbonyl (C=O) groups excluding carboxylic acids is 1. The van der Waals surface area contributed by atoms with Gasteiger partial charge in [0.15, 0.2) is 5.96 Å². The van der Waals surface area contributed by atoms with Crippen molar-refractivity contribution in [2.24, 2.45) is 10.7 Å². The van der Waals surface area contributed by atoms with Gasteiger partial charge in [-0.1, -0.05) is 15.9 Å². The predicted molar refractivity (Wildman–Crippen MR) is 92.4 cm³/mol. The summed E-state index contributed by atoms with van der Waals surface area (Å²) in [5.41, 5.74) is 6.03. The monoisotopic (exact) mass is 387 g/mol. The Morgan fingerprint density at radius 1 is 1.21 bits per heavy atom. The highest BCUT2D eigenvalue weighted by Crippen LogP contribution is 2.52. The first-order chi connectivity index (χ1) is 11.5. The molecule has 0 aliphatic carbocycles. The summed E-state index contributed by atoms with van der Waals surface area (Å²) in [6.07, 6.45) is 0. The molecule has 2 aromatic carbocycles. The van der Waals surface area contributed by atoms with E-state index in [-0.39, 0.29) is 11.9 Å². The van der Waals surface area contributed by atoms with Crippen molar-refractivity contribution in [3.05, 3.63) is 52.0 Å². The molecule has 1 atom stereocenters. The lowest BCUT2D eigenvalue weighted by Crippen LogP contribution is -2.42. The molecule has 2 N–H and O–H groups in total. The molecule has 7 heteroatoms. The first-order valence-electron chi connectivity index (χ1n) is 7.27. The number of likely N-dealkylation sites (N-methyl/N-ethyl adjacent to an activating group) is 1. The van der Waals surface area contributed by atoms with Gasteiger partial charge in [-0.2, -0.15) is 0 Å². The molecule has 24 heavy (non-hydrogen) atoms. The average Bonchev–Trinajstić information content (AvgIpc) is 2.80. The molecular weight excluding hydrogens is 374 g/mol. The molecule has 1 amide bonds. The van der Waals surface area contributed by atoms with E-state index in [0.29, 0.717) is 28.4 Å². The number of hydrogen-bond acceptors (Lipinski definition) is 5. The molecule has 0 saturated carbocycles. The molecule has 0 saturated heterocycles. The molecule has 4 rings (SSSR count). The second kappa shape index (κ2) is 4.98. The smallest absolute Gasteiger partial charge is 0.266 e. The zero-order valence-electron chi connectivity index (χ0n) is 13.0. The Morgan fingerprint density at radius 3 is 2.67 bits per heavy atom. The van der Waals surface area contributed by atoms with Crippen molar-refractivity contribution in [3.63, 3.8) is 0 Å². The Balaban J connectivity index is 2.06. The minimum atomic E-state index is -1.24. The minimum absolute atomic E-state index is 0.176. The van der Waals surface area contributed by atoms with Gasteiger partial charge in [-0.15, -0.1) is 0 Å². The summed E-state index contributed by atoms with van der Waals surface area (Å²) in [6.45, 7) is 0. The zero-order valence-corrected chi connectivity index (χ0v) is 14.6. The second-order valence-electron chi connectivity index (χ2n) is 5.65. The molecule has 0 bridgehead atoms. The number of carbonyl (C=O) groups is 1. The molecule has 122 valence electrons. The highest BCUT2D eigenvalue weighted by atomic mass is 79.9. The number of aliphatic imine (C=N–C) groups is 1. The van der Waals surface area contributed by atoms with Gasteiger partial charge in [0.2, 0.25) is 5.54 Å². The number of amides is 1. The molecule has 2 aliphatic rings. The second-order valence-corrected chi connectivity index (χ2v) is 6.56. The number of fused-ring (bicyclic) bond motifs is 4. The summed E-state index contributed by atoms with van der Waals surface area (Å²) in [6, 6.07) is 10.8. The van der Waals surface area contributed by atoms with Crippen LogP contribution in [0.4, 0.5) is 0 Å². The van der Waals surface area contributed by atoms with Crippen LogP contribution in [0.2, 0.25) is 0 Å². The maximum Gasteiger partial charge on any atom is 0.266 e. The summed E-state index contributed by atoms with van der Waals surface area (Å²) in [4.78, 5) is 19.0. The van der Waals surface area contributed by atoms with Crippen LogP contribution >= 0.6 is 15.9 Å². The first kappa shape index (κ1) is 15.0. The van der Waals surface area contributed by atoms with Crippen LogP contribution in [-0.4, -0.2) is 30.9 Å². The van der Waals surface area contributed by atoms with Crippen LogP contribution in [0.5, 0.6) is 17.2 Å². The number of hydrogen-bond donors (Lipinski definition) is 1. The maximum absolute atomic E-state index is 13.1. The third-order valence-electron chi connectivity index (χ3n) is 4.37. The molecule has 6 nitrogen and oxygen atoms in total. The summed E-state index contributed by atoms with van der Waals surface area (Å²) < 4.78 is 12.1. The van der Waals surface area contributed by atoms with E-state index < -0.39 is 5.54 Å². The van der Waals surface area contributed by atoms with Gasteiger partial charge in [-0.25, -0.2) is 4.99 Å². The third-order valence-corrected chi connectivity index (χ3v) is 4.86. The van der Waals surface area contributed by atoms with Crippen molar-refractivity contribution < 1.29 is 14.3 Å². The van der Waals surface area contributed by atoms with Crippen LogP contribution in [0.25, 0.3) is 0 Å². The Bertz CT molecular complexity index is 912. The van der Waals surface area contributed by atoms with Crippen molar-refractivity contribution in [2.45, 2.75) is 5.54 Å². The fourth-order valence-electron chi connectivity index (χ4n) is 3.14. The molecule has 2 heterocycles. The van der Waals surface area contributed by atoms with Crippen LogP contribution < -0.4 is 15.2 Å². The zero-order chi connectivity index (χ0) is 17.1. The Labute approximate surface area is 147 Å². The molecule has 2 aromatic rings. The number of nitrogens with two attached hydrogens (primary N) is 1. The largest absolute Gasteiger partial charge is 0.497 e. The van der Waals surface area contributed by atoms with E-state index in [4.69, 9.17) is 15.2 Å². The average molecular weight is 388 g/mol. The van der Waals surface area contributed by atoms with Gasteiger partial charge >= 0.3 is 0 Å². The minimum Gasteiger partial charge on any atom is -0.497 e. The van der Waals surface area contributed by atoms with Crippen LogP contribution in [0.1, 0.15) is 11.1 Å². The van der Waals surface area contributed by atoms with E-state index >= 15 is 0 Å². The molecule has 2 aliphatic heterocycles. The highest BCUT2D eigenvalue weighted by Gasteiger charge is 2.54. The van der Waals surface area contributed by atoms with Gasteiger partial charge in [0.05, 0.1) is 7.11 Å². The normalized spacial score (nSPS) is 21.2. The molecule has 1 spiro atoms. The molecule has 0 aromatic heterocycles. The summed E-state index contributed by atoms with van der Waals surface area (Å²) in [7, 11) is 3.20. The highest BCUT2D eigenvalue weighted by molar-refractivity contribution is 9.10. The fourth-order valence-corrected chi connectivity index (χ4v) is 3.50. The summed E-state index contributed by atoms with van der Waals surface area (Å²) >= 11 is 3.45. The molecule has 1 unspecified atom stereocenters. The topological polar surface area (TPSA) is 77.2 Å². The van der Waals surface area contributed by atoms with Crippen molar-refractivity contribution in [3.8, 4) is 17.2 Å². The lowest BCUT2D eigenvalue weighted by molar-refractivity contribution is -0.129. The maximum atomic E-state index is 13.1. The van der Waals surface area contributed by atoms with E-state index in [2.05, 4.69) is 20.9 Å². The van der Waals surface area contributed by atoms with Gasteiger partial charge in [-0.05, 0) is 30.3 Å². The Hall–Kier alpha value is -2.54. The third kappa shape index (κ3) is 1.81. The van der Waals surface area contributed by atoms with Crippen molar-refractivity contribution in [2.75, 3.05) is 14.2 Å². The van der Waals surface area contributed by atoms with Crippen LogP contribution in [-0.2, 0) is 10.3 Å². The van der Waals surface area contributed by atoms with Gasteiger partial charge in [0, 0.05) is 28.7 Å². The van der Waals surface area contributed by atoms with Crippen molar-refractivity contribution in [1.82, 2.24) is 4.90 Å². The quantitative estimate of drug-likeness (QED) is 0.815. The van der Waals surface area contributed by atoms with Gasteiger partial charge < -0.3 is 15.2 Å². The van der Waals surface area contributed by atoms with Crippen LogP contribution in [0, 0.1) is 0 Å². The van der Waals surface area contributed by atoms with Gasteiger partial charge in [0.1, 0.15) is 17.2 Å². The number of ether oxygens (including phenoxy) is 2. The van der Waals surface area contributed by atoms with Crippen molar-refractivity contribution in [1.29, 1.82) is 0 Å². The van der Waals surface area contributed by atoms with E-state index in [0.717, 1.165) is 4.47 Å². The SMILES string of the molecule is COc1ccc2c(c1)Oc1ccc(Br)cc1C21N=C(N)N(C)C1=O. The van der Waals surface area contributed by atoms with Crippen molar-refractivity contribution >= 4 is 27.8 Å². The first-order valence-corrected chi connectivity index (χ1v) is 8.06. The Morgan fingerprint density at radius 2 is 2.00 bits per heavy atom. The fraction of sp³-hybridized carbons (Fsp3) is 0.176. The summed E-state index contributed by atoms with van der Waals surface area (Å²) in [5.74, 6) is 1.70. The number of benzene rings is 2. The van der Waals surface area contributed by atoms with E-state index in [1.165, 1.54) is 4.90 Å². The standard InChI is InChI=1S/C17H14BrN3O3/c1-21-15(22)17(20-16(21)19)11-5-4-10(23-2)8-14(11)24-13-6-3-9(18)7-12(13)17/h3-8H,1-2H3,(H2,19,20). The number of halogens is 1. The Kier molecular flexibility index (Phi) is 3.11. The molecule has 0 fully saturated rings. The van der Waals surface area contributed by atoms with E-state index in [1.807, 2.05) is 12.1 Å². The lowest BCUT2D eigenvalue weighted by atomic mass is 9.80. The van der Waals surface area contributed by atoms with Crippen LogP contribution in [0.15, 0.2) is 45.9 Å². The molecule has 0 radical (unpaired) electrons. The van der Waals surface area contributed by atoms with E-state index in [9.17, 15) is 4.79 Å². The number of rotatable bonds is 1. The number of nitrogens with zero attached hydrogens (tertiary/aromatic N) is 2. The summed E-state index contributed by atoms with van der Waals surface area (Å²) in [5, 5.41) is 0. The van der Waals surface area contributed by atoms with E-state index in [1.54, 1.807) is 38.4 Å². The van der Waals surface area contributed by atoms with Gasteiger partial charge in [0.25, 0.3) is 5.91 Å². The lowest BCUT2D eigenvalue weighted by Gasteiger charge is -2.33. The van der Waals surface area contributed by atoms with Crippen LogP contribution in [0.3, 0.4) is 0 Å². The predicted octanol–water partition coefficient (Wildman–Crippen LogP) is 2.59. The molecular formula is C17H14BrN3O3.